The van der Waals surface area contributed by atoms with Gasteiger partial charge < -0.3 is 15.6 Å². The average Bonchev–Trinajstić information content (AvgIpc) is 2.36. The van der Waals surface area contributed by atoms with E-state index < -0.39 is 45.8 Å². The van der Waals surface area contributed by atoms with Gasteiger partial charge in [-0.3, -0.25) is 10.1 Å². The predicted octanol–water partition coefficient (Wildman–Crippen LogP) is 2.51. The van der Waals surface area contributed by atoms with Gasteiger partial charge in [-0.05, 0) is 11.6 Å². The van der Waals surface area contributed by atoms with Gasteiger partial charge in [0.25, 0.3) is 0 Å². The zero-order chi connectivity index (χ0) is 16.6. The van der Waals surface area contributed by atoms with Crippen LogP contribution in [0.25, 0.3) is 0 Å². The van der Waals surface area contributed by atoms with E-state index in [4.69, 9.17) is 5.73 Å². The number of benzene rings is 1. The van der Waals surface area contributed by atoms with E-state index in [9.17, 15) is 37.2 Å². The van der Waals surface area contributed by atoms with E-state index in [0.717, 1.165) is 7.11 Å². The van der Waals surface area contributed by atoms with Gasteiger partial charge in [0.15, 0.2) is 5.75 Å². The lowest BCUT2D eigenvalue weighted by molar-refractivity contribution is -0.386. The fraction of sp³-hybridized carbons (Fsp3) is 0.400. The number of hydrogen-bond donors (Lipinski definition) is 2. The van der Waals surface area contributed by atoms with Crippen LogP contribution in [0.1, 0.15) is 11.6 Å². The summed E-state index contributed by atoms with van der Waals surface area (Å²) in [7, 11) is 0.940. The maximum Gasteiger partial charge on any atom is 0.455 e. The lowest BCUT2D eigenvalue weighted by Crippen LogP contribution is -2.45. The van der Waals surface area contributed by atoms with Crippen LogP contribution in [0.5, 0.6) is 11.5 Å². The Kier molecular flexibility index (Phi) is 4.27. The van der Waals surface area contributed by atoms with E-state index in [2.05, 4.69) is 4.74 Å². The molecule has 0 aliphatic carbocycles. The largest absolute Gasteiger partial charge is 0.500 e. The zero-order valence-electron chi connectivity index (χ0n) is 10.3. The Hall–Kier alpha value is -2.17. The SMILES string of the molecule is COc1cc([C@@H](N)C(F)(F)C(F)(F)F)cc([N+](=O)[O-])c1O. The Bertz CT molecular complexity index is 561. The maximum atomic E-state index is 13.2. The van der Waals surface area contributed by atoms with E-state index in [1.807, 2.05) is 0 Å². The zero-order valence-corrected chi connectivity index (χ0v) is 10.3. The second-order valence-electron chi connectivity index (χ2n) is 3.95. The number of nitro groups is 1. The summed E-state index contributed by atoms with van der Waals surface area (Å²) < 4.78 is 67.5. The third-order valence-electron chi connectivity index (χ3n) is 2.62. The standard InChI is InChI=1S/C10H9F5N2O4/c1-21-6-3-4(2-5(7(6)18)17(19)20)8(16)9(11,12)10(13,14)15/h2-3,8,18H,16H2,1H3/t8-/m1/s1. The maximum absolute atomic E-state index is 13.2. The number of phenols is 1. The molecule has 21 heavy (non-hydrogen) atoms. The molecule has 6 nitrogen and oxygen atoms in total. The lowest BCUT2D eigenvalue weighted by Gasteiger charge is -2.26. The smallest absolute Gasteiger partial charge is 0.455 e. The van der Waals surface area contributed by atoms with E-state index in [1.54, 1.807) is 0 Å². The van der Waals surface area contributed by atoms with E-state index in [0.29, 0.717) is 12.1 Å². The van der Waals surface area contributed by atoms with Crippen LogP contribution in [-0.2, 0) is 0 Å². The van der Waals surface area contributed by atoms with Crippen molar-refractivity contribution in [2.45, 2.75) is 18.1 Å². The van der Waals surface area contributed by atoms with Gasteiger partial charge in [-0.25, -0.2) is 0 Å². The monoisotopic (exact) mass is 316 g/mol. The summed E-state index contributed by atoms with van der Waals surface area (Å²) in [6.07, 6.45) is -5.94. The van der Waals surface area contributed by atoms with Crippen molar-refractivity contribution < 1.29 is 36.7 Å². The Morgan fingerprint density at radius 3 is 2.24 bits per heavy atom. The summed E-state index contributed by atoms with van der Waals surface area (Å²) in [5, 5.41) is 20.1. The van der Waals surface area contributed by atoms with Crippen molar-refractivity contribution in [1.29, 1.82) is 0 Å². The van der Waals surface area contributed by atoms with Gasteiger partial charge in [0, 0.05) is 6.07 Å². The van der Waals surface area contributed by atoms with Crippen molar-refractivity contribution in [3.05, 3.63) is 27.8 Å². The number of halogens is 5. The normalized spacial score (nSPS) is 13.9. The molecule has 0 radical (unpaired) electrons. The lowest BCUT2D eigenvalue weighted by atomic mass is 9.99. The summed E-state index contributed by atoms with van der Waals surface area (Å²) >= 11 is 0. The minimum Gasteiger partial charge on any atom is -0.500 e. The summed E-state index contributed by atoms with van der Waals surface area (Å²) in [5.41, 5.74) is 2.87. The third-order valence-corrected chi connectivity index (χ3v) is 2.62. The van der Waals surface area contributed by atoms with Crippen molar-refractivity contribution in [3.8, 4) is 11.5 Å². The Morgan fingerprint density at radius 1 is 1.33 bits per heavy atom. The Labute approximate surface area is 114 Å². The van der Waals surface area contributed by atoms with E-state index in [-0.39, 0.29) is 0 Å². The summed E-state index contributed by atoms with van der Waals surface area (Å²) in [6, 6.07) is -1.99. The highest BCUT2D eigenvalue weighted by molar-refractivity contribution is 5.57. The molecule has 0 amide bonds. The molecule has 0 fully saturated rings. The molecule has 1 atom stereocenters. The molecule has 1 rings (SSSR count). The van der Waals surface area contributed by atoms with Crippen LogP contribution < -0.4 is 10.5 Å². The topological polar surface area (TPSA) is 98.6 Å². The number of ether oxygens (including phenoxy) is 1. The quantitative estimate of drug-likeness (QED) is 0.505. The fourth-order valence-corrected chi connectivity index (χ4v) is 1.47. The first-order chi connectivity index (χ1) is 9.43. The molecule has 118 valence electrons. The molecule has 0 unspecified atom stereocenters. The number of methoxy groups -OCH3 is 1. The van der Waals surface area contributed by atoms with E-state index >= 15 is 0 Å². The number of alkyl halides is 5. The highest BCUT2D eigenvalue weighted by Crippen LogP contribution is 2.46. The van der Waals surface area contributed by atoms with Gasteiger partial charge in [0.1, 0.15) is 6.04 Å². The van der Waals surface area contributed by atoms with Crippen LogP contribution >= 0.6 is 0 Å². The molecule has 1 aromatic carbocycles. The number of nitro benzene ring substituents is 1. The number of nitrogens with zero attached hydrogens (tertiary/aromatic N) is 1. The molecule has 0 spiro atoms. The molecule has 0 saturated heterocycles. The molecular weight excluding hydrogens is 307 g/mol. The number of hydrogen-bond acceptors (Lipinski definition) is 5. The van der Waals surface area contributed by atoms with Crippen molar-refractivity contribution in [2.24, 2.45) is 5.73 Å². The number of rotatable bonds is 4. The summed E-state index contributed by atoms with van der Waals surface area (Å²) in [5.74, 6) is -6.97. The minimum absolute atomic E-state index is 0.335. The Balaban J connectivity index is 3.44. The first-order valence-electron chi connectivity index (χ1n) is 5.19. The van der Waals surface area contributed by atoms with Crippen molar-refractivity contribution in [3.63, 3.8) is 0 Å². The van der Waals surface area contributed by atoms with Crippen molar-refractivity contribution in [1.82, 2.24) is 0 Å². The summed E-state index contributed by atoms with van der Waals surface area (Å²) in [6.45, 7) is 0. The molecule has 11 heteroatoms. The molecule has 0 heterocycles. The first-order valence-corrected chi connectivity index (χ1v) is 5.19. The van der Waals surface area contributed by atoms with E-state index in [1.165, 1.54) is 0 Å². The highest BCUT2D eigenvalue weighted by Gasteiger charge is 2.62. The van der Waals surface area contributed by atoms with Crippen LogP contribution in [0, 0.1) is 10.1 Å². The first kappa shape index (κ1) is 16.9. The van der Waals surface area contributed by atoms with Crippen LogP contribution in [0.15, 0.2) is 12.1 Å². The second kappa shape index (κ2) is 5.31. The van der Waals surface area contributed by atoms with Crippen LogP contribution in [0.2, 0.25) is 0 Å². The molecule has 0 aliphatic heterocycles. The summed E-state index contributed by atoms with van der Waals surface area (Å²) in [4.78, 5) is 9.48. The van der Waals surface area contributed by atoms with Crippen molar-refractivity contribution in [2.75, 3.05) is 7.11 Å². The molecule has 0 aromatic heterocycles. The van der Waals surface area contributed by atoms with Crippen molar-refractivity contribution >= 4 is 5.69 Å². The van der Waals surface area contributed by atoms with Gasteiger partial charge >= 0.3 is 17.8 Å². The highest BCUT2D eigenvalue weighted by atomic mass is 19.4. The Morgan fingerprint density at radius 2 is 1.86 bits per heavy atom. The number of phenolic OH excluding ortho intramolecular Hbond substituents is 1. The van der Waals surface area contributed by atoms with Gasteiger partial charge in [0.05, 0.1) is 12.0 Å². The molecular formula is C10H9F5N2O4. The van der Waals surface area contributed by atoms with Crippen LogP contribution in [-0.4, -0.2) is 29.2 Å². The van der Waals surface area contributed by atoms with Crippen LogP contribution in [0.3, 0.4) is 0 Å². The molecule has 1 aromatic rings. The van der Waals surface area contributed by atoms with Gasteiger partial charge in [-0.15, -0.1) is 0 Å². The van der Waals surface area contributed by atoms with Gasteiger partial charge in [-0.2, -0.15) is 22.0 Å². The predicted molar refractivity (Wildman–Crippen MR) is 59.2 cm³/mol. The van der Waals surface area contributed by atoms with Gasteiger partial charge in [-0.1, -0.05) is 0 Å². The second-order valence-corrected chi connectivity index (χ2v) is 3.95. The molecule has 3 N–H and O–H groups in total. The molecule has 0 bridgehead atoms. The van der Waals surface area contributed by atoms with Crippen LogP contribution in [0.4, 0.5) is 27.6 Å². The molecule has 0 saturated carbocycles. The third kappa shape index (κ3) is 2.96. The molecule has 0 aliphatic rings. The number of aromatic hydroxyl groups is 1. The average molecular weight is 316 g/mol. The fourth-order valence-electron chi connectivity index (χ4n) is 1.47. The van der Waals surface area contributed by atoms with Gasteiger partial charge in [0.2, 0.25) is 5.75 Å². The number of nitrogens with two attached hydrogens (primary N) is 1. The minimum atomic E-state index is -5.94.